The molecule has 80 valence electrons. The molecule has 0 bridgehead atoms. The molecular weight excluding hydrogens is 204 g/mol. The Morgan fingerprint density at radius 1 is 1.50 bits per heavy atom. The topological polar surface area (TPSA) is 90.3 Å². The molecule has 0 atom stereocenters. The van der Waals surface area contributed by atoms with E-state index in [1.54, 1.807) is 24.8 Å². The van der Waals surface area contributed by atoms with Gasteiger partial charge in [-0.05, 0) is 6.07 Å². The smallest absolute Gasteiger partial charge is 0.223 e. The van der Waals surface area contributed by atoms with Gasteiger partial charge < -0.3 is 10.3 Å². The van der Waals surface area contributed by atoms with Crippen molar-refractivity contribution in [3.05, 3.63) is 36.2 Å². The summed E-state index contributed by atoms with van der Waals surface area (Å²) in [5, 5.41) is 11.7. The highest BCUT2D eigenvalue weighted by atomic mass is 15.1. The lowest BCUT2D eigenvalue weighted by atomic mass is 10.3. The maximum absolute atomic E-state index is 8.66. The van der Waals surface area contributed by atoms with Gasteiger partial charge in [0.05, 0.1) is 6.33 Å². The second-order valence-corrected chi connectivity index (χ2v) is 3.13. The minimum atomic E-state index is 0.360. The van der Waals surface area contributed by atoms with Gasteiger partial charge in [0.25, 0.3) is 0 Å². The Labute approximate surface area is 92.4 Å². The van der Waals surface area contributed by atoms with Gasteiger partial charge in [0, 0.05) is 31.1 Å². The lowest BCUT2D eigenvalue weighted by Gasteiger charge is -2.02. The number of nitriles is 1. The van der Waals surface area contributed by atoms with E-state index in [0.717, 1.165) is 12.1 Å². The highest BCUT2D eigenvalue weighted by Crippen LogP contribution is 1.99. The molecule has 0 radical (unpaired) electrons. The van der Waals surface area contributed by atoms with E-state index in [9.17, 15) is 0 Å². The van der Waals surface area contributed by atoms with Gasteiger partial charge in [-0.15, -0.1) is 0 Å². The zero-order chi connectivity index (χ0) is 11.2. The van der Waals surface area contributed by atoms with Gasteiger partial charge in [-0.1, -0.05) is 0 Å². The summed E-state index contributed by atoms with van der Waals surface area (Å²) in [6.45, 7) is 0.692. The van der Waals surface area contributed by atoms with Crippen LogP contribution in [-0.2, 0) is 6.42 Å². The van der Waals surface area contributed by atoms with Crippen LogP contribution in [0.3, 0.4) is 0 Å². The lowest BCUT2D eigenvalue weighted by Crippen LogP contribution is -2.08. The predicted octanol–water partition coefficient (Wildman–Crippen LogP) is 0.726. The van der Waals surface area contributed by atoms with E-state index >= 15 is 0 Å². The van der Waals surface area contributed by atoms with Crippen molar-refractivity contribution in [2.24, 2.45) is 0 Å². The number of aromatic amines is 1. The van der Waals surface area contributed by atoms with Gasteiger partial charge in [-0.3, -0.25) is 0 Å². The molecule has 2 aromatic heterocycles. The molecule has 0 aliphatic rings. The second-order valence-electron chi connectivity index (χ2n) is 3.13. The van der Waals surface area contributed by atoms with Crippen LogP contribution in [0.5, 0.6) is 0 Å². The van der Waals surface area contributed by atoms with Gasteiger partial charge in [-0.2, -0.15) is 5.26 Å². The number of hydrogen-bond acceptors (Lipinski definition) is 5. The molecule has 0 aliphatic carbocycles. The molecule has 2 N–H and O–H groups in total. The Morgan fingerprint density at radius 2 is 2.44 bits per heavy atom. The van der Waals surface area contributed by atoms with Crippen molar-refractivity contribution in [1.82, 2.24) is 19.9 Å². The molecule has 0 saturated carbocycles. The van der Waals surface area contributed by atoms with E-state index in [4.69, 9.17) is 5.26 Å². The van der Waals surface area contributed by atoms with Gasteiger partial charge in [-0.25, -0.2) is 15.0 Å². The van der Waals surface area contributed by atoms with Crippen LogP contribution in [0.4, 0.5) is 5.95 Å². The van der Waals surface area contributed by atoms with E-state index < -0.39 is 0 Å². The van der Waals surface area contributed by atoms with E-state index in [2.05, 4.69) is 25.3 Å². The molecule has 0 aliphatic heterocycles. The highest BCUT2D eigenvalue weighted by molar-refractivity contribution is 5.30. The third-order valence-corrected chi connectivity index (χ3v) is 2.00. The van der Waals surface area contributed by atoms with Crippen LogP contribution in [0.1, 0.15) is 11.4 Å². The van der Waals surface area contributed by atoms with Crippen molar-refractivity contribution in [1.29, 1.82) is 5.26 Å². The summed E-state index contributed by atoms with van der Waals surface area (Å²) in [7, 11) is 0. The largest absolute Gasteiger partial charge is 0.354 e. The number of nitrogens with one attached hydrogen (secondary N) is 2. The van der Waals surface area contributed by atoms with Crippen molar-refractivity contribution in [3.63, 3.8) is 0 Å². The van der Waals surface area contributed by atoms with Crippen LogP contribution in [-0.4, -0.2) is 26.5 Å². The highest BCUT2D eigenvalue weighted by Gasteiger charge is 1.98. The van der Waals surface area contributed by atoms with Crippen molar-refractivity contribution >= 4 is 5.95 Å². The fourth-order valence-electron chi connectivity index (χ4n) is 1.24. The Bertz CT molecular complexity index is 484. The molecule has 6 heteroatoms. The zero-order valence-corrected chi connectivity index (χ0v) is 8.51. The first-order valence-electron chi connectivity index (χ1n) is 4.83. The first kappa shape index (κ1) is 10.1. The Morgan fingerprint density at radius 3 is 3.19 bits per heavy atom. The minimum Gasteiger partial charge on any atom is -0.354 e. The molecular formula is C10H10N6. The predicted molar refractivity (Wildman–Crippen MR) is 57.5 cm³/mol. The van der Waals surface area contributed by atoms with Crippen LogP contribution in [0.25, 0.3) is 0 Å². The standard InChI is InChI=1S/C10H10N6/c11-5-8-1-3-13-10(16-8)14-4-2-9-6-12-7-15-9/h1,3,6-7H,2,4H2,(H,12,15)(H,13,14,16). The average molecular weight is 214 g/mol. The number of anilines is 1. The third-order valence-electron chi connectivity index (χ3n) is 2.00. The summed E-state index contributed by atoms with van der Waals surface area (Å²) in [6.07, 6.45) is 5.78. The van der Waals surface area contributed by atoms with Crippen molar-refractivity contribution in [2.75, 3.05) is 11.9 Å². The van der Waals surface area contributed by atoms with Crippen LogP contribution < -0.4 is 5.32 Å². The van der Waals surface area contributed by atoms with Gasteiger partial charge in [0.2, 0.25) is 5.95 Å². The second kappa shape index (κ2) is 4.89. The SMILES string of the molecule is N#Cc1ccnc(NCCc2cnc[nH]2)n1. The number of imidazole rings is 1. The average Bonchev–Trinajstić information content (AvgIpc) is 2.82. The molecule has 2 aromatic rings. The van der Waals surface area contributed by atoms with E-state index in [1.165, 1.54) is 0 Å². The number of hydrogen-bond donors (Lipinski definition) is 2. The molecule has 0 amide bonds. The summed E-state index contributed by atoms with van der Waals surface area (Å²) in [4.78, 5) is 14.9. The van der Waals surface area contributed by atoms with Crippen LogP contribution in [0, 0.1) is 11.3 Å². The van der Waals surface area contributed by atoms with Crippen LogP contribution in [0.15, 0.2) is 24.8 Å². The Balaban J connectivity index is 1.88. The van der Waals surface area contributed by atoms with Crippen molar-refractivity contribution < 1.29 is 0 Å². The zero-order valence-electron chi connectivity index (χ0n) is 8.51. The minimum absolute atomic E-state index is 0.360. The first-order chi connectivity index (χ1) is 7.88. The van der Waals surface area contributed by atoms with Gasteiger partial charge in [0.1, 0.15) is 11.8 Å². The summed E-state index contributed by atoms with van der Waals surface area (Å²) in [5.41, 5.74) is 1.41. The number of rotatable bonds is 4. The summed E-state index contributed by atoms with van der Waals surface area (Å²) >= 11 is 0. The summed E-state index contributed by atoms with van der Waals surface area (Å²) in [6, 6.07) is 3.53. The molecule has 0 fully saturated rings. The van der Waals surface area contributed by atoms with E-state index in [0.29, 0.717) is 18.2 Å². The van der Waals surface area contributed by atoms with Crippen molar-refractivity contribution in [2.45, 2.75) is 6.42 Å². The van der Waals surface area contributed by atoms with Crippen LogP contribution >= 0.6 is 0 Å². The number of nitrogens with zero attached hydrogens (tertiary/aromatic N) is 4. The van der Waals surface area contributed by atoms with Crippen molar-refractivity contribution in [3.8, 4) is 6.07 Å². The molecule has 16 heavy (non-hydrogen) atoms. The molecule has 0 unspecified atom stereocenters. The van der Waals surface area contributed by atoms with Gasteiger partial charge >= 0.3 is 0 Å². The monoisotopic (exact) mass is 214 g/mol. The third kappa shape index (κ3) is 2.54. The molecule has 0 saturated heterocycles. The Kier molecular flexibility index (Phi) is 3.09. The number of aromatic nitrogens is 4. The van der Waals surface area contributed by atoms with E-state index in [-0.39, 0.29) is 0 Å². The summed E-state index contributed by atoms with van der Waals surface area (Å²) in [5.74, 6) is 0.471. The molecule has 6 nitrogen and oxygen atoms in total. The Hall–Kier alpha value is -2.42. The first-order valence-corrected chi connectivity index (χ1v) is 4.83. The molecule has 0 aromatic carbocycles. The quantitative estimate of drug-likeness (QED) is 0.782. The maximum atomic E-state index is 8.66. The van der Waals surface area contributed by atoms with Crippen LogP contribution in [0.2, 0.25) is 0 Å². The molecule has 2 rings (SSSR count). The normalized spacial score (nSPS) is 9.69. The summed E-state index contributed by atoms with van der Waals surface area (Å²) < 4.78 is 0. The fourth-order valence-corrected chi connectivity index (χ4v) is 1.24. The van der Waals surface area contributed by atoms with Gasteiger partial charge in [0.15, 0.2) is 0 Å². The molecule has 0 spiro atoms. The van der Waals surface area contributed by atoms with E-state index in [1.807, 2.05) is 6.07 Å². The number of H-pyrrole nitrogens is 1. The molecule has 2 heterocycles. The fraction of sp³-hybridized carbons (Fsp3) is 0.200. The maximum Gasteiger partial charge on any atom is 0.223 e. The lowest BCUT2D eigenvalue weighted by molar-refractivity contribution is 0.951.